The van der Waals surface area contributed by atoms with E-state index in [0.717, 1.165) is 61.5 Å². The van der Waals surface area contributed by atoms with Crippen LogP contribution in [0.2, 0.25) is 0 Å². The van der Waals surface area contributed by atoms with E-state index in [1.807, 2.05) is 0 Å². The van der Waals surface area contributed by atoms with Gasteiger partial charge in [-0.05, 0) is 19.3 Å². The summed E-state index contributed by atoms with van der Waals surface area (Å²) in [5, 5.41) is 0. The summed E-state index contributed by atoms with van der Waals surface area (Å²) in [6.07, 6.45) is 5.73. The second kappa shape index (κ2) is 8.63. The van der Waals surface area contributed by atoms with Crippen LogP contribution in [0, 0.1) is 0 Å². The molecule has 3 aliphatic rings. The lowest BCUT2D eigenvalue weighted by Gasteiger charge is -2.45. The summed E-state index contributed by atoms with van der Waals surface area (Å²) in [5.74, 6) is 1.81. The average Bonchev–Trinajstić information content (AvgIpc) is 3.22. The van der Waals surface area contributed by atoms with Gasteiger partial charge in [0.15, 0.2) is 0 Å². The average molecular weight is 476 g/mol. The number of rotatable bonds is 6. The largest absolute Gasteiger partial charge is 0.378 e. The molecule has 13 heteroatoms. The lowest BCUT2D eigenvalue weighted by Crippen LogP contribution is -2.55. The minimum absolute atomic E-state index is 0.0259. The number of nitrogens with one attached hydrogen (secondary N) is 1. The van der Waals surface area contributed by atoms with Gasteiger partial charge in [0.25, 0.3) is 10.2 Å². The van der Waals surface area contributed by atoms with Crippen LogP contribution in [0.25, 0.3) is 11.3 Å². The van der Waals surface area contributed by atoms with Gasteiger partial charge in [-0.2, -0.15) is 17.7 Å². The minimum Gasteiger partial charge on any atom is -0.378 e. The van der Waals surface area contributed by atoms with Gasteiger partial charge in [-0.3, -0.25) is 0 Å². The zero-order chi connectivity index (χ0) is 23.2. The normalized spacial score (nSPS) is 23.0. The van der Waals surface area contributed by atoms with Gasteiger partial charge in [-0.15, -0.1) is 0 Å². The summed E-state index contributed by atoms with van der Waals surface area (Å²) in [7, 11) is -0.373. The van der Waals surface area contributed by atoms with E-state index in [2.05, 4.69) is 24.5 Å². The van der Waals surface area contributed by atoms with Crippen molar-refractivity contribution in [3.8, 4) is 11.3 Å². The van der Waals surface area contributed by atoms with Crippen molar-refractivity contribution in [2.45, 2.75) is 31.3 Å². The molecule has 1 saturated carbocycles. The fraction of sp³-hybridized carbons (Fsp3) is 0.600. The number of nitrogens with zero attached hydrogens (tertiary/aromatic N) is 7. The molecule has 0 atom stereocenters. The Bertz CT molecular complexity index is 1120. The Kier molecular flexibility index (Phi) is 5.80. The maximum Gasteiger partial charge on any atom is 0.279 e. The monoisotopic (exact) mass is 475 g/mol. The highest BCUT2D eigenvalue weighted by atomic mass is 32.2. The summed E-state index contributed by atoms with van der Waals surface area (Å²) in [6.45, 7) is 3.56. The highest BCUT2D eigenvalue weighted by Gasteiger charge is 2.42. The fourth-order valence-electron chi connectivity index (χ4n) is 4.68. The predicted molar refractivity (Wildman–Crippen MR) is 124 cm³/mol. The topological polar surface area (TPSA) is 143 Å². The number of hydrogen-bond acceptors (Lipinski definition) is 10. The molecule has 0 aromatic carbocycles. The van der Waals surface area contributed by atoms with E-state index in [0.29, 0.717) is 19.2 Å². The third kappa shape index (κ3) is 4.09. The van der Waals surface area contributed by atoms with E-state index in [4.69, 9.17) is 20.4 Å². The van der Waals surface area contributed by atoms with Gasteiger partial charge in [-0.1, -0.05) is 0 Å². The van der Waals surface area contributed by atoms with Crippen molar-refractivity contribution in [2.75, 3.05) is 62.5 Å². The first kappa shape index (κ1) is 22.2. The van der Waals surface area contributed by atoms with Crippen LogP contribution >= 0.6 is 0 Å². The lowest BCUT2D eigenvalue weighted by atomic mass is 9.86. The van der Waals surface area contributed by atoms with Crippen molar-refractivity contribution in [2.24, 2.45) is 0 Å². The molecule has 0 bridgehead atoms. The van der Waals surface area contributed by atoms with Gasteiger partial charge >= 0.3 is 0 Å². The maximum atomic E-state index is 12.1. The van der Waals surface area contributed by atoms with Crippen molar-refractivity contribution in [1.29, 1.82) is 0 Å². The number of nitrogen functional groups attached to an aromatic ring is 1. The smallest absolute Gasteiger partial charge is 0.279 e. The summed E-state index contributed by atoms with van der Waals surface area (Å²) < 4.78 is 33.6. The van der Waals surface area contributed by atoms with Crippen molar-refractivity contribution < 1.29 is 13.2 Å². The molecule has 3 N–H and O–H groups in total. The van der Waals surface area contributed by atoms with Gasteiger partial charge in [0.2, 0.25) is 11.9 Å². The molecule has 2 aromatic heterocycles. The standard InChI is InChI=1S/C20H29N9O3S/c1-22-33(30,31)27(2)14-9-15(10-14)29-4-3-16-17(13-11-23-19(21)24-12-13)25-20(26-18(16)29)28-5-7-32-8-6-28/h11-12,14-15,22H,3-10H2,1-2H3,(H2,21,23,24)/t14-,15+. The van der Waals surface area contributed by atoms with Crippen LogP contribution in [0.4, 0.5) is 17.7 Å². The summed E-state index contributed by atoms with van der Waals surface area (Å²) in [5.41, 5.74) is 8.40. The molecule has 33 heavy (non-hydrogen) atoms. The highest BCUT2D eigenvalue weighted by molar-refractivity contribution is 7.87. The lowest BCUT2D eigenvalue weighted by molar-refractivity contribution is 0.122. The zero-order valence-corrected chi connectivity index (χ0v) is 19.6. The maximum absolute atomic E-state index is 12.1. The van der Waals surface area contributed by atoms with E-state index in [1.54, 1.807) is 19.4 Å². The van der Waals surface area contributed by atoms with Gasteiger partial charge < -0.3 is 20.3 Å². The highest BCUT2D eigenvalue weighted by Crippen LogP contribution is 2.41. The Labute approximate surface area is 193 Å². The van der Waals surface area contributed by atoms with Crippen LogP contribution in [0.3, 0.4) is 0 Å². The van der Waals surface area contributed by atoms with Crippen LogP contribution in [0.1, 0.15) is 18.4 Å². The van der Waals surface area contributed by atoms with Crippen LogP contribution in [0.15, 0.2) is 12.4 Å². The molecule has 4 heterocycles. The molecular weight excluding hydrogens is 446 g/mol. The fourth-order valence-corrected chi connectivity index (χ4v) is 5.53. The molecule has 0 spiro atoms. The predicted octanol–water partition coefficient (Wildman–Crippen LogP) is -0.358. The Morgan fingerprint density at radius 3 is 2.52 bits per heavy atom. The first-order chi connectivity index (χ1) is 15.9. The summed E-state index contributed by atoms with van der Waals surface area (Å²) >= 11 is 0. The minimum atomic E-state index is -3.44. The van der Waals surface area contributed by atoms with E-state index >= 15 is 0 Å². The number of fused-ring (bicyclic) bond motifs is 1. The third-order valence-electron chi connectivity index (χ3n) is 6.77. The summed E-state index contributed by atoms with van der Waals surface area (Å²) in [6, 6.07) is 0.204. The first-order valence-electron chi connectivity index (χ1n) is 11.1. The number of ether oxygens (including phenoxy) is 1. The molecule has 0 amide bonds. The molecule has 5 rings (SSSR count). The second-order valence-electron chi connectivity index (χ2n) is 8.55. The van der Waals surface area contributed by atoms with Gasteiger partial charge in [0, 0.05) is 69.3 Å². The molecule has 1 saturated heterocycles. The Morgan fingerprint density at radius 1 is 1.15 bits per heavy atom. The van der Waals surface area contributed by atoms with Gasteiger partial charge in [0.05, 0.1) is 18.9 Å². The van der Waals surface area contributed by atoms with Crippen LogP contribution in [-0.4, -0.2) is 91.7 Å². The van der Waals surface area contributed by atoms with E-state index in [9.17, 15) is 8.42 Å². The quantitative estimate of drug-likeness (QED) is 0.569. The molecule has 2 fully saturated rings. The van der Waals surface area contributed by atoms with Crippen LogP contribution in [0.5, 0.6) is 0 Å². The molecular formula is C20H29N9O3S. The molecule has 2 aromatic rings. The molecule has 12 nitrogen and oxygen atoms in total. The molecule has 178 valence electrons. The van der Waals surface area contributed by atoms with Crippen LogP contribution in [-0.2, 0) is 21.4 Å². The summed E-state index contributed by atoms with van der Waals surface area (Å²) in [4.78, 5) is 22.6. The van der Waals surface area contributed by atoms with Gasteiger partial charge in [0.1, 0.15) is 5.82 Å². The van der Waals surface area contributed by atoms with Crippen molar-refractivity contribution in [3.63, 3.8) is 0 Å². The molecule has 0 radical (unpaired) electrons. The Hall–Kier alpha value is -2.61. The Morgan fingerprint density at radius 2 is 1.85 bits per heavy atom. The zero-order valence-electron chi connectivity index (χ0n) is 18.8. The first-order valence-corrected chi connectivity index (χ1v) is 12.6. The van der Waals surface area contributed by atoms with Crippen molar-refractivity contribution >= 4 is 27.9 Å². The van der Waals surface area contributed by atoms with Crippen molar-refractivity contribution in [3.05, 3.63) is 18.0 Å². The molecule has 1 aliphatic carbocycles. The van der Waals surface area contributed by atoms with Crippen LogP contribution < -0.4 is 20.3 Å². The number of aromatic nitrogens is 4. The van der Waals surface area contributed by atoms with E-state index in [-0.39, 0.29) is 18.0 Å². The number of morpholine rings is 1. The number of anilines is 3. The van der Waals surface area contributed by atoms with E-state index in [1.165, 1.54) is 11.4 Å². The second-order valence-corrected chi connectivity index (χ2v) is 10.5. The molecule has 0 unspecified atom stereocenters. The Balaban J connectivity index is 1.45. The number of nitrogens with two attached hydrogens (primary N) is 1. The van der Waals surface area contributed by atoms with E-state index < -0.39 is 10.2 Å². The number of hydrogen-bond donors (Lipinski definition) is 2. The van der Waals surface area contributed by atoms with Gasteiger partial charge in [-0.25, -0.2) is 19.7 Å². The molecule has 2 aliphatic heterocycles. The van der Waals surface area contributed by atoms with Crippen molar-refractivity contribution in [1.82, 2.24) is 29.0 Å². The third-order valence-corrected chi connectivity index (χ3v) is 8.34. The SMILES string of the molecule is CNS(=O)(=O)N(C)[C@H]1C[C@@H](N2CCc3c(-c4cnc(N)nc4)nc(N4CCOCC4)nc32)C1.